The van der Waals surface area contributed by atoms with Crippen molar-refractivity contribution in [2.24, 2.45) is 4.99 Å². The van der Waals surface area contributed by atoms with Gasteiger partial charge in [0.2, 0.25) is 5.75 Å². The Hall–Kier alpha value is -1.38. The maximum atomic E-state index is 5.39. The van der Waals surface area contributed by atoms with Crippen LogP contribution in [0.4, 0.5) is 0 Å². The van der Waals surface area contributed by atoms with E-state index in [9.17, 15) is 0 Å². The Morgan fingerprint density at radius 3 is 2.08 bits per heavy atom. The Bertz CT molecular complexity index is 514. The number of benzene rings is 1. The number of aliphatic imine (C=N–C) groups is 1. The number of hydrogen-bond donors (Lipinski definition) is 2. The van der Waals surface area contributed by atoms with Crippen molar-refractivity contribution in [2.75, 3.05) is 34.4 Å². The maximum absolute atomic E-state index is 5.39. The minimum atomic E-state index is 0. The van der Waals surface area contributed by atoms with Crippen LogP contribution in [0.2, 0.25) is 0 Å². The van der Waals surface area contributed by atoms with Crippen LogP contribution >= 0.6 is 24.0 Å². The van der Waals surface area contributed by atoms with Crippen LogP contribution in [0, 0.1) is 0 Å². The van der Waals surface area contributed by atoms with Gasteiger partial charge in [0.15, 0.2) is 17.5 Å². The Kier molecular flexibility index (Phi) is 14.0. The molecule has 0 saturated heterocycles. The zero-order valence-corrected chi connectivity index (χ0v) is 19.0. The smallest absolute Gasteiger partial charge is 0.203 e. The topological polar surface area (TPSA) is 64.1 Å². The van der Waals surface area contributed by atoms with Crippen LogP contribution in [0.5, 0.6) is 17.2 Å². The fourth-order valence-electron chi connectivity index (χ4n) is 2.50. The lowest BCUT2D eigenvalue weighted by Gasteiger charge is -2.14. The third kappa shape index (κ3) is 8.33. The van der Waals surface area contributed by atoms with Gasteiger partial charge >= 0.3 is 0 Å². The highest BCUT2D eigenvalue weighted by Gasteiger charge is 2.13. The van der Waals surface area contributed by atoms with Gasteiger partial charge in [-0.15, -0.1) is 24.0 Å². The molecule has 6 nitrogen and oxygen atoms in total. The predicted molar refractivity (Wildman–Crippen MR) is 118 cm³/mol. The van der Waals surface area contributed by atoms with E-state index in [1.54, 1.807) is 21.3 Å². The normalized spacial score (nSPS) is 10.7. The van der Waals surface area contributed by atoms with Crippen molar-refractivity contribution in [3.05, 3.63) is 17.7 Å². The quantitative estimate of drug-likeness (QED) is 0.218. The molecule has 7 heteroatoms. The zero-order valence-electron chi connectivity index (χ0n) is 16.7. The first-order valence-electron chi connectivity index (χ1n) is 9.01. The molecule has 0 atom stereocenters. The molecule has 0 aromatic heterocycles. The van der Waals surface area contributed by atoms with Gasteiger partial charge in [-0.1, -0.05) is 26.2 Å². The molecule has 0 saturated carbocycles. The van der Waals surface area contributed by atoms with Gasteiger partial charge in [0.1, 0.15) is 0 Å². The molecule has 0 fully saturated rings. The second-order valence-electron chi connectivity index (χ2n) is 5.72. The first kappa shape index (κ1) is 24.6. The Morgan fingerprint density at radius 2 is 1.58 bits per heavy atom. The molecule has 0 aliphatic carbocycles. The Labute approximate surface area is 175 Å². The second kappa shape index (κ2) is 14.8. The molecule has 0 bridgehead atoms. The second-order valence-corrected chi connectivity index (χ2v) is 5.72. The van der Waals surface area contributed by atoms with Gasteiger partial charge in [0.25, 0.3) is 0 Å². The number of unbranched alkanes of at least 4 members (excludes halogenated alkanes) is 3. The zero-order chi connectivity index (χ0) is 18.5. The minimum Gasteiger partial charge on any atom is -0.493 e. The molecule has 0 spiro atoms. The van der Waals surface area contributed by atoms with Crippen molar-refractivity contribution >= 4 is 29.9 Å². The molecule has 1 rings (SSSR count). The molecule has 0 heterocycles. The molecule has 0 aliphatic rings. The van der Waals surface area contributed by atoms with Crippen molar-refractivity contribution < 1.29 is 14.2 Å². The average Bonchev–Trinajstić information content (AvgIpc) is 2.64. The van der Waals surface area contributed by atoms with Crippen molar-refractivity contribution in [3.63, 3.8) is 0 Å². The molecule has 150 valence electrons. The van der Waals surface area contributed by atoms with Crippen molar-refractivity contribution in [1.82, 2.24) is 10.6 Å². The largest absolute Gasteiger partial charge is 0.493 e. The van der Waals surface area contributed by atoms with Gasteiger partial charge in [-0.3, -0.25) is 0 Å². The molecule has 0 unspecified atom stereocenters. The van der Waals surface area contributed by atoms with E-state index in [1.807, 2.05) is 12.1 Å². The minimum absolute atomic E-state index is 0. The number of hydrogen-bond acceptors (Lipinski definition) is 4. The van der Waals surface area contributed by atoms with Gasteiger partial charge in [-0.05, 0) is 31.0 Å². The molecule has 2 N–H and O–H groups in total. The summed E-state index contributed by atoms with van der Waals surface area (Å²) in [4.78, 5) is 4.65. The van der Waals surface area contributed by atoms with Crippen LogP contribution in [-0.2, 0) is 6.54 Å². The maximum Gasteiger partial charge on any atom is 0.203 e. The van der Waals surface area contributed by atoms with Crippen LogP contribution in [0.15, 0.2) is 17.1 Å². The molecule has 0 amide bonds. The van der Waals surface area contributed by atoms with Crippen LogP contribution < -0.4 is 24.8 Å². The Morgan fingerprint density at radius 1 is 0.923 bits per heavy atom. The summed E-state index contributed by atoms with van der Waals surface area (Å²) < 4.78 is 16.1. The predicted octanol–water partition coefficient (Wildman–Crippen LogP) is 3.97. The summed E-state index contributed by atoms with van der Waals surface area (Å²) in [5.74, 6) is 2.71. The van der Waals surface area contributed by atoms with Gasteiger partial charge in [-0.25, -0.2) is 4.99 Å². The summed E-state index contributed by atoms with van der Waals surface area (Å²) in [5, 5.41) is 6.66. The summed E-state index contributed by atoms with van der Waals surface area (Å²) in [6.45, 7) is 6.57. The molecule has 0 radical (unpaired) electrons. The monoisotopic (exact) mass is 479 g/mol. The average molecular weight is 479 g/mol. The highest BCUT2D eigenvalue weighted by molar-refractivity contribution is 14.0. The summed E-state index contributed by atoms with van der Waals surface area (Å²) >= 11 is 0. The molecule has 1 aromatic carbocycles. The number of halogens is 1. The van der Waals surface area contributed by atoms with E-state index < -0.39 is 0 Å². The van der Waals surface area contributed by atoms with E-state index in [0.717, 1.165) is 31.0 Å². The highest BCUT2D eigenvalue weighted by atomic mass is 127. The fraction of sp³-hybridized carbons (Fsp3) is 0.632. The number of ether oxygens (including phenoxy) is 3. The first-order chi connectivity index (χ1) is 12.2. The standard InChI is InChI=1S/C19H33N3O3.HI/c1-6-8-9-10-11-21-19(20-7-2)22-14-15-12-16(23-3)18(25-5)17(13-15)24-4;/h12-13H,6-11,14H2,1-5H3,(H2,20,21,22);1H. The molecule has 1 aromatic rings. The summed E-state index contributed by atoms with van der Waals surface area (Å²) in [6, 6.07) is 3.85. The lowest BCUT2D eigenvalue weighted by Crippen LogP contribution is -2.37. The molecular formula is C19H34IN3O3. The van der Waals surface area contributed by atoms with E-state index in [0.29, 0.717) is 23.8 Å². The van der Waals surface area contributed by atoms with Gasteiger partial charge in [0.05, 0.1) is 27.9 Å². The third-order valence-corrected chi connectivity index (χ3v) is 3.81. The first-order valence-corrected chi connectivity index (χ1v) is 9.01. The number of methoxy groups -OCH3 is 3. The lowest BCUT2D eigenvalue weighted by atomic mass is 10.2. The van der Waals surface area contributed by atoms with Gasteiger partial charge < -0.3 is 24.8 Å². The number of nitrogens with one attached hydrogen (secondary N) is 2. The summed E-state index contributed by atoms with van der Waals surface area (Å²) in [6.07, 6.45) is 4.92. The Balaban J connectivity index is 0.00000625. The van der Waals surface area contributed by atoms with Crippen molar-refractivity contribution in [3.8, 4) is 17.2 Å². The SMILES string of the molecule is CCCCCCNC(=NCc1cc(OC)c(OC)c(OC)c1)NCC.I. The third-order valence-electron chi connectivity index (χ3n) is 3.81. The lowest BCUT2D eigenvalue weighted by molar-refractivity contribution is 0.324. The van der Waals surface area contributed by atoms with Crippen molar-refractivity contribution in [1.29, 1.82) is 0 Å². The van der Waals surface area contributed by atoms with E-state index >= 15 is 0 Å². The number of rotatable bonds is 11. The molecule has 0 aliphatic heterocycles. The van der Waals surface area contributed by atoms with Crippen LogP contribution in [0.3, 0.4) is 0 Å². The number of nitrogens with zero attached hydrogens (tertiary/aromatic N) is 1. The van der Waals surface area contributed by atoms with Crippen LogP contribution in [-0.4, -0.2) is 40.4 Å². The van der Waals surface area contributed by atoms with Gasteiger partial charge in [0, 0.05) is 13.1 Å². The van der Waals surface area contributed by atoms with E-state index in [2.05, 4.69) is 29.5 Å². The molecule has 26 heavy (non-hydrogen) atoms. The highest BCUT2D eigenvalue weighted by Crippen LogP contribution is 2.38. The van der Waals surface area contributed by atoms with E-state index in [-0.39, 0.29) is 24.0 Å². The van der Waals surface area contributed by atoms with E-state index in [1.165, 1.54) is 19.3 Å². The number of guanidine groups is 1. The molecular weight excluding hydrogens is 445 g/mol. The van der Waals surface area contributed by atoms with Crippen LogP contribution in [0.1, 0.15) is 45.1 Å². The van der Waals surface area contributed by atoms with E-state index in [4.69, 9.17) is 14.2 Å². The van der Waals surface area contributed by atoms with Gasteiger partial charge in [-0.2, -0.15) is 0 Å². The fourth-order valence-corrected chi connectivity index (χ4v) is 2.50. The van der Waals surface area contributed by atoms with Crippen molar-refractivity contribution in [2.45, 2.75) is 46.1 Å². The summed E-state index contributed by atoms with van der Waals surface area (Å²) in [7, 11) is 4.84. The van der Waals surface area contributed by atoms with Crippen LogP contribution in [0.25, 0.3) is 0 Å². The summed E-state index contributed by atoms with van der Waals surface area (Å²) in [5.41, 5.74) is 0.998.